The van der Waals surface area contributed by atoms with Crippen LogP contribution < -0.4 is 20.9 Å². The van der Waals surface area contributed by atoms with Gasteiger partial charge in [-0.25, -0.2) is 0 Å². The molecule has 0 fully saturated rings. The largest absolute Gasteiger partial charge is 0.481 e. The van der Waals surface area contributed by atoms with Gasteiger partial charge in [-0.2, -0.15) is 0 Å². The second-order valence-corrected chi connectivity index (χ2v) is 6.38. The molecule has 0 radical (unpaired) electrons. The highest BCUT2D eigenvalue weighted by molar-refractivity contribution is 5.86. The Balaban J connectivity index is 1.64. The Morgan fingerprint density at radius 2 is 1.64 bits per heavy atom. The first-order chi connectivity index (χ1) is 13.4. The van der Waals surface area contributed by atoms with Crippen LogP contribution in [0.2, 0.25) is 0 Å². The van der Waals surface area contributed by atoms with Crippen molar-refractivity contribution < 1.29 is 19.1 Å². The summed E-state index contributed by atoms with van der Waals surface area (Å²) in [4.78, 5) is 35.6. The molecule has 3 N–H and O–H groups in total. The van der Waals surface area contributed by atoms with Gasteiger partial charge in [0, 0.05) is 19.4 Å². The van der Waals surface area contributed by atoms with Crippen molar-refractivity contribution in [2.75, 3.05) is 0 Å². The number of ether oxygens (including phenoxy) is 1. The van der Waals surface area contributed by atoms with Crippen LogP contribution in [0.3, 0.4) is 0 Å². The molecule has 2 aromatic carbocycles. The zero-order valence-corrected chi connectivity index (χ0v) is 16.0. The highest BCUT2D eigenvalue weighted by atomic mass is 16.5. The van der Waals surface area contributed by atoms with Crippen molar-refractivity contribution >= 4 is 17.7 Å². The summed E-state index contributed by atoms with van der Waals surface area (Å²) in [7, 11) is 0. The molecule has 0 aliphatic carbocycles. The average molecular weight is 383 g/mol. The van der Waals surface area contributed by atoms with Crippen molar-refractivity contribution in [1.29, 1.82) is 0 Å². The molecule has 1 unspecified atom stereocenters. The van der Waals surface area contributed by atoms with Crippen LogP contribution in [0.25, 0.3) is 0 Å². The summed E-state index contributed by atoms with van der Waals surface area (Å²) in [6.45, 7) is 3.92. The number of carbonyl (C=O) groups is 3. The summed E-state index contributed by atoms with van der Waals surface area (Å²) in [5.74, 6) is -0.597. The predicted molar refractivity (Wildman–Crippen MR) is 105 cm³/mol. The summed E-state index contributed by atoms with van der Waals surface area (Å²) in [6.07, 6.45) is -0.783. The number of amides is 3. The van der Waals surface area contributed by atoms with Crippen LogP contribution in [0.15, 0.2) is 54.6 Å². The Morgan fingerprint density at radius 1 is 0.929 bits per heavy atom. The van der Waals surface area contributed by atoms with Crippen molar-refractivity contribution in [3.05, 3.63) is 65.7 Å². The van der Waals surface area contributed by atoms with Gasteiger partial charge in [-0.15, -0.1) is 0 Å². The van der Waals surface area contributed by atoms with E-state index in [1.165, 1.54) is 0 Å². The first kappa shape index (κ1) is 21.0. The van der Waals surface area contributed by atoms with Crippen molar-refractivity contribution in [1.82, 2.24) is 16.2 Å². The number of carbonyl (C=O) groups excluding carboxylic acids is 3. The third-order valence-electron chi connectivity index (χ3n) is 3.91. The van der Waals surface area contributed by atoms with Crippen LogP contribution in [-0.4, -0.2) is 23.8 Å². The lowest BCUT2D eigenvalue weighted by atomic mass is 10.2. The van der Waals surface area contributed by atoms with Gasteiger partial charge in [-0.1, -0.05) is 42.5 Å². The monoisotopic (exact) mass is 383 g/mol. The topological polar surface area (TPSA) is 96.5 Å². The lowest BCUT2D eigenvalue weighted by Crippen LogP contribution is -2.47. The maximum absolute atomic E-state index is 12.0. The zero-order chi connectivity index (χ0) is 20.4. The smallest absolute Gasteiger partial charge is 0.279 e. The molecule has 0 bridgehead atoms. The van der Waals surface area contributed by atoms with E-state index in [1.54, 1.807) is 13.0 Å². The van der Waals surface area contributed by atoms with Gasteiger partial charge < -0.3 is 10.1 Å². The predicted octanol–water partition coefficient (Wildman–Crippen LogP) is 2.01. The zero-order valence-electron chi connectivity index (χ0n) is 16.0. The fourth-order valence-electron chi connectivity index (χ4n) is 2.35. The lowest BCUT2D eigenvalue weighted by Gasteiger charge is -2.15. The SMILES string of the molecule is Cc1cccc(OC(C)C(=O)NNC(=O)CCC(=O)NCc2ccccc2)c1. The van der Waals surface area contributed by atoms with Crippen molar-refractivity contribution in [2.45, 2.75) is 39.3 Å². The molecule has 0 saturated heterocycles. The first-order valence-corrected chi connectivity index (χ1v) is 9.06. The summed E-state index contributed by atoms with van der Waals surface area (Å²) >= 11 is 0. The minimum absolute atomic E-state index is 0.0316. The quantitative estimate of drug-likeness (QED) is 0.608. The van der Waals surface area contributed by atoms with Crippen LogP contribution in [-0.2, 0) is 20.9 Å². The number of rotatable bonds is 8. The summed E-state index contributed by atoms with van der Waals surface area (Å²) < 4.78 is 5.53. The van der Waals surface area contributed by atoms with E-state index in [2.05, 4.69) is 16.2 Å². The van der Waals surface area contributed by atoms with E-state index in [1.807, 2.05) is 55.5 Å². The highest BCUT2D eigenvalue weighted by Gasteiger charge is 2.15. The normalized spacial score (nSPS) is 11.2. The molecule has 0 aliphatic heterocycles. The van der Waals surface area contributed by atoms with E-state index in [-0.39, 0.29) is 18.7 Å². The molecule has 1 atom stereocenters. The third-order valence-corrected chi connectivity index (χ3v) is 3.91. The van der Waals surface area contributed by atoms with E-state index in [0.717, 1.165) is 11.1 Å². The van der Waals surface area contributed by atoms with Crippen molar-refractivity contribution in [3.63, 3.8) is 0 Å². The molecule has 148 valence electrons. The molecular formula is C21H25N3O4. The molecule has 2 rings (SSSR count). The number of hydrogen-bond donors (Lipinski definition) is 3. The second-order valence-electron chi connectivity index (χ2n) is 6.38. The van der Waals surface area contributed by atoms with Gasteiger partial charge in [0.2, 0.25) is 11.8 Å². The first-order valence-electron chi connectivity index (χ1n) is 9.06. The van der Waals surface area contributed by atoms with Crippen LogP contribution in [0.4, 0.5) is 0 Å². The van der Waals surface area contributed by atoms with Crippen LogP contribution >= 0.6 is 0 Å². The van der Waals surface area contributed by atoms with Gasteiger partial charge in [0.25, 0.3) is 5.91 Å². The molecule has 7 nitrogen and oxygen atoms in total. The van der Waals surface area contributed by atoms with E-state index >= 15 is 0 Å². The molecule has 2 aromatic rings. The van der Waals surface area contributed by atoms with Gasteiger partial charge in [-0.3, -0.25) is 25.2 Å². The van der Waals surface area contributed by atoms with Crippen LogP contribution in [0, 0.1) is 6.92 Å². The number of nitrogens with one attached hydrogen (secondary N) is 3. The van der Waals surface area contributed by atoms with Crippen LogP contribution in [0.1, 0.15) is 30.9 Å². The van der Waals surface area contributed by atoms with Crippen molar-refractivity contribution in [2.24, 2.45) is 0 Å². The molecule has 0 aromatic heterocycles. The highest BCUT2D eigenvalue weighted by Crippen LogP contribution is 2.14. The minimum atomic E-state index is -0.781. The van der Waals surface area contributed by atoms with E-state index in [9.17, 15) is 14.4 Å². The fraction of sp³-hybridized carbons (Fsp3) is 0.286. The molecule has 7 heteroatoms. The van der Waals surface area contributed by atoms with E-state index in [0.29, 0.717) is 12.3 Å². The van der Waals surface area contributed by atoms with Gasteiger partial charge in [0.05, 0.1) is 0 Å². The Morgan fingerprint density at radius 3 is 2.36 bits per heavy atom. The standard InChI is InChI=1S/C21H25N3O4/c1-15-7-6-10-18(13-15)28-16(2)21(27)24-23-20(26)12-11-19(25)22-14-17-8-4-3-5-9-17/h3-10,13,16H,11-12,14H2,1-2H3,(H,22,25)(H,23,26)(H,24,27). The van der Waals surface area contributed by atoms with Crippen LogP contribution in [0.5, 0.6) is 5.75 Å². The van der Waals surface area contributed by atoms with Gasteiger partial charge in [0.15, 0.2) is 6.10 Å². The summed E-state index contributed by atoms with van der Waals surface area (Å²) in [6, 6.07) is 16.8. The maximum Gasteiger partial charge on any atom is 0.279 e. The third kappa shape index (κ3) is 7.49. The number of hydrazine groups is 1. The molecule has 0 saturated carbocycles. The van der Waals surface area contributed by atoms with Gasteiger partial charge >= 0.3 is 0 Å². The maximum atomic E-state index is 12.0. The molecule has 0 heterocycles. The summed E-state index contributed by atoms with van der Waals surface area (Å²) in [5.41, 5.74) is 6.59. The molecule has 28 heavy (non-hydrogen) atoms. The van der Waals surface area contributed by atoms with Gasteiger partial charge in [0.1, 0.15) is 5.75 Å². The summed E-state index contributed by atoms with van der Waals surface area (Å²) in [5, 5.41) is 2.74. The number of hydrogen-bond acceptors (Lipinski definition) is 4. The van der Waals surface area contributed by atoms with Crippen molar-refractivity contribution in [3.8, 4) is 5.75 Å². The minimum Gasteiger partial charge on any atom is -0.481 e. The Kier molecular flexibility index (Phi) is 8.02. The Hall–Kier alpha value is -3.35. The lowest BCUT2D eigenvalue weighted by molar-refractivity contribution is -0.133. The molecule has 0 spiro atoms. The number of benzene rings is 2. The Bertz CT molecular complexity index is 808. The molecule has 3 amide bonds. The van der Waals surface area contributed by atoms with E-state index in [4.69, 9.17) is 4.74 Å². The van der Waals surface area contributed by atoms with Gasteiger partial charge in [-0.05, 0) is 37.1 Å². The number of aryl methyl sites for hydroxylation is 1. The molecule has 0 aliphatic rings. The fourth-order valence-corrected chi connectivity index (χ4v) is 2.35. The van der Waals surface area contributed by atoms with E-state index < -0.39 is 17.9 Å². The second kappa shape index (κ2) is 10.7. The molecular weight excluding hydrogens is 358 g/mol. The Labute approximate surface area is 164 Å². The average Bonchev–Trinajstić information content (AvgIpc) is 2.69.